The first-order valence-corrected chi connectivity index (χ1v) is 33.1. The largest absolute Gasteiger partial charge is 0.460 e. The predicted molar refractivity (Wildman–Crippen MR) is 359 cm³/mol. The Labute approximate surface area is 589 Å². The van der Waals surface area contributed by atoms with E-state index in [1.54, 1.807) is 48.5 Å². The Morgan fingerprint density at radius 3 is 1.19 bits per heavy atom. The lowest BCUT2D eigenvalue weighted by Gasteiger charge is -2.19. The third-order valence-electron chi connectivity index (χ3n) is 12.8. The SMILES string of the molecule is CC(C)(C)OC(=O)CCOCCCC(=O)CCOCCNC(=O)CCOCCN1C(=O)c2ccccc2C1=O.CC(C)(C)OC(=O)CCOCCN.Cc1cccc(C)n1.ClCCl.O=C(CCOCCN1C(=O)c2ccccc2C1=O)NCCOCCC(=O)Oc1c(F)c(F)cc(F)c1F. The molecule has 1 aromatic heterocycles. The number of Topliss-reactive ketones (excluding diaryl/α,β-unsaturated/α-hetero) is 1. The van der Waals surface area contributed by atoms with Crippen molar-refractivity contribution in [2.75, 3.05) is 117 Å². The number of esters is 3. The lowest BCUT2D eigenvalue weighted by Crippen LogP contribution is -2.33. The third kappa shape index (κ3) is 37.0. The average Bonchev–Trinajstić information content (AvgIpc) is 1.63. The van der Waals surface area contributed by atoms with Crippen LogP contribution in [0.5, 0.6) is 5.75 Å². The van der Waals surface area contributed by atoms with Gasteiger partial charge in [0.25, 0.3) is 23.6 Å². The van der Waals surface area contributed by atoms with Crippen molar-refractivity contribution in [1.82, 2.24) is 25.4 Å². The van der Waals surface area contributed by atoms with Crippen molar-refractivity contribution in [3.8, 4) is 5.75 Å². The molecule has 31 heteroatoms. The minimum atomic E-state index is -1.83. The van der Waals surface area contributed by atoms with Gasteiger partial charge in [0.05, 0.1) is 133 Å². The Morgan fingerprint density at radius 1 is 0.470 bits per heavy atom. The number of benzene rings is 3. The molecule has 25 nitrogen and oxygen atoms in total. The van der Waals surface area contributed by atoms with E-state index in [1.165, 1.54) is 0 Å². The number of hydrogen-bond acceptors (Lipinski definition) is 21. The molecule has 0 saturated heterocycles. The van der Waals surface area contributed by atoms with Crippen LogP contribution in [0, 0.1) is 37.1 Å². The number of rotatable bonds is 37. The fraction of sp³-hybridized carbons (Fsp3) is 0.522. The van der Waals surface area contributed by atoms with E-state index in [-0.39, 0.29) is 164 Å². The summed E-state index contributed by atoms with van der Waals surface area (Å²) in [5, 5.41) is 5.44. The van der Waals surface area contributed by atoms with Gasteiger partial charge in [0, 0.05) is 69.4 Å². The standard InChI is InChI=1S/C28H40N2O9.C24H22F4N2O7.C9H19NO3.C7H9N.CH2Cl2/c1-28(2,3)39-25(33)12-18-36-15-6-7-21(31)10-16-37-19-13-29-24(32)11-17-38-20-14-30-26(34)22-8-4-5-9-23(22)27(30)35;25-16-13-17(26)21(28)22(20(16)27)37-19(32)6-10-35-11-7-29-18(31)5-9-36-12-8-30-23(33)14-3-1-2-4-15(14)24(30)34;1-9(2,3)13-8(11)4-6-12-7-5-10;1-6-4-3-5-7(2)8-6;2-1-3/h4-5,8-9H,6-7,10-20H2,1-3H3,(H,29,32);1-4,13H,5-12H2,(H,29,31);4-7,10H2,1-3H3;3-5H,1-2H3;1H2. The lowest BCUT2D eigenvalue weighted by molar-refractivity contribution is -0.157. The van der Waals surface area contributed by atoms with Crippen LogP contribution in [0.3, 0.4) is 0 Å². The molecule has 6 rings (SSSR count). The van der Waals surface area contributed by atoms with Crippen molar-refractivity contribution in [2.45, 2.75) is 118 Å². The fourth-order valence-corrected chi connectivity index (χ4v) is 8.34. The van der Waals surface area contributed by atoms with Crippen LogP contribution in [0.15, 0.2) is 72.8 Å². The number of halogens is 6. The Morgan fingerprint density at radius 2 is 0.820 bits per heavy atom. The number of carbonyl (C=O) groups excluding carboxylic acids is 10. The van der Waals surface area contributed by atoms with E-state index in [1.807, 2.05) is 73.6 Å². The zero-order chi connectivity index (χ0) is 74.6. The number of aryl methyl sites for hydroxylation is 2. The summed E-state index contributed by atoms with van der Waals surface area (Å²) in [6.07, 6.45) is 1.39. The number of nitrogens with one attached hydrogen (secondary N) is 2. The van der Waals surface area contributed by atoms with Gasteiger partial charge in [-0.3, -0.25) is 62.7 Å². The fourth-order valence-electron chi connectivity index (χ4n) is 8.34. The number of aromatic nitrogens is 1. The molecule has 2 aliphatic heterocycles. The van der Waals surface area contributed by atoms with Gasteiger partial charge in [-0.15, -0.1) is 23.2 Å². The average molecular weight is 1460 g/mol. The van der Waals surface area contributed by atoms with E-state index in [0.29, 0.717) is 68.0 Å². The van der Waals surface area contributed by atoms with Crippen LogP contribution in [-0.4, -0.2) is 202 Å². The Bertz CT molecular complexity index is 3150. The molecule has 0 spiro atoms. The minimum Gasteiger partial charge on any atom is -0.460 e. The Hall–Kier alpha value is -7.87. The normalized spacial score (nSPS) is 12.1. The summed E-state index contributed by atoms with van der Waals surface area (Å²) in [6.45, 7) is 18.3. The molecule has 0 unspecified atom stereocenters. The lowest BCUT2D eigenvalue weighted by atomic mass is 10.1. The third-order valence-corrected chi connectivity index (χ3v) is 12.8. The van der Waals surface area contributed by atoms with Gasteiger partial charge in [-0.25, -0.2) is 8.78 Å². The van der Waals surface area contributed by atoms with Crippen LogP contribution < -0.4 is 21.1 Å². The summed E-state index contributed by atoms with van der Waals surface area (Å²) in [4.78, 5) is 125. The molecule has 4 aromatic rings. The quantitative estimate of drug-likeness (QED) is 0.00724. The summed E-state index contributed by atoms with van der Waals surface area (Å²) >= 11 is 9.53. The number of imide groups is 2. The summed E-state index contributed by atoms with van der Waals surface area (Å²) in [6, 6.07) is 19.2. The molecule has 0 atom stereocenters. The van der Waals surface area contributed by atoms with E-state index >= 15 is 0 Å². The van der Waals surface area contributed by atoms with Crippen LogP contribution in [0.4, 0.5) is 17.6 Å². The molecule has 4 N–H and O–H groups in total. The number of alkyl halides is 2. The van der Waals surface area contributed by atoms with E-state index in [9.17, 15) is 65.5 Å². The maximum atomic E-state index is 13.5. The number of ether oxygens (including phenoxy) is 9. The highest BCUT2D eigenvalue weighted by atomic mass is 35.5. The second kappa shape index (κ2) is 48.8. The molecule has 2 aliphatic rings. The molecule has 6 amide bonds. The number of fused-ring (bicyclic) bond motifs is 2. The number of nitrogens with two attached hydrogens (primary N) is 1. The monoisotopic (exact) mass is 1450 g/mol. The zero-order valence-corrected chi connectivity index (χ0v) is 59.3. The first kappa shape index (κ1) is 88.2. The van der Waals surface area contributed by atoms with Crippen molar-refractivity contribution in [3.63, 3.8) is 0 Å². The summed E-state index contributed by atoms with van der Waals surface area (Å²) in [5.74, 6) is -12.2. The van der Waals surface area contributed by atoms with Gasteiger partial charge in [0.1, 0.15) is 17.0 Å². The van der Waals surface area contributed by atoms with Gasteiger partial charge in [-0.1, -0.05) is 30.3 Å². The first-order valence-electron chi connectivity index (χ1n) is 32.1. The molecule has 3 heterocycles. The molecule has 0 radical (unpaired) electrons. The van der Waals surface area contributed by atoms with Crippen molar-refractivity contribution in [3.05, 3.63) is 130 Å². The van der Waals surface area contributed by atoms with Gasteiger partial charge in [0.15, 0.2) is 11.6 Å². The molecular weight excluding hydrogens is 1360 g/mol. The van der Waals surface area contributed by atoms with E-state index in [2.05, 4.69) is 20.4 Å². The van der Waals surface area contributed by atoms with E-state index in [4.69, 9.17) is 66.8 Å². The molecule has 554 valence electrons. The predicted octanol–water partition coefficient (Wildman–Crippen LogP) is 8.50. The van der Waals surface area contributed by atoms with Crippen molar-refractivity contribution < 1.29 is 108 Å². The maximum Gasteiger partial charge on any atom is 0.313 e. The van der Waals surface area contributed by atoms with Gasteiger partial charge in [0.2, 0.25) is 29.2 Å². The summed E-state index contributed by atoms with van der Waals surface area (Å²) in [7, 11) is 0. The van der Waals surface area contributed by atoms with Crippen LogP contribution >= 0.6 is 23.2 Å². The highest BCUT2D eigenvalue weighted by Crippen LogP contribution is 2.27. The van der Waals surface area contributed by atoms with Crippen molar-refractivity contribution >= 4 is 82.3 Å². The topological polar surface area (TPSA) is 323 Å². The number of pyridine rings is 1. The minimum absolute atomic E-state index is 0.00304. The molecular formula is C69H92Cl2F4N6O19. The number of nitrogens with zero attached hydrogens (tertiary/aromatic N) is 3. The van der Waals surface area contributed by atoms with Crippen LogP contribution in [-0.2, 0) is 66.7 Å². The van der Waals surface area contributed by atoms with Gasteiger partial charge in [-0.05, 0) is 98.2 Å². The summed E-state index contributed by atoms with van der Waals surface area (Å²) in [5.41, 5.74) is 7.94. The number of hydrogen-bond donors (Lipinski definition) is 3. The first-order chi connectivity index (χ1) is 47.4. The number of ketones is 1. The second-order valence-corrected chi connectivity index (χ2v) is 24.2. The van der Waals surface area contributed by atoms with Crippen molar-refractivity contribution in [1.29, 1.82) is 0 Å². The summed E-state index contributed by atoms with van der Waals surface area (Å²) < 4.78 is 99.4. The molecule has 0 aliphatic carbocycles. The van der Waals surface area contributed by atoms with E-state index in [0.717, 1.165) is 21.2 Å². The second-order valence-electron chi connectivity index (χ2n) is 23.4. The molecule has 0 saturated carbocycles. The zero-order valence-electron chi connectivity index (χ0n) is 57.8. The van der Waals surface area contributed by atoms with Crippen LogP contribution in [0.2, 0.25) is 0 Å². The van der Waals surface area contributed by atoms with Crippen molar-refractivity contribution in [2.24, 2.45) is 5.73 Å². The van der Waals surface area contributed by atoms with Gasteiger partial charge < -0.3 is 59.0 Å². The highest BCUT2D eigenvalue weighted by Gasteiger charge is 2.36. The highest BCUT2D eigenvalue weighted by molar-refractivity contribution is 6.40. The Balaban J connectivity index is 0.000000512. The number of carbonyl (C=O) groups is 10. The van der Waals surface area contributed by atoms with Crippen LogP contribution in [0.25, 0.3) is 0 Å². The van der Waals surface area contributed by atoms with Gasteiger partial charge in [-0.2, -0.15) is 8.78 Å². The van der Waals surface area contributed by atoms with Gasteiger partial charge >= 0.3 is 17.9 Å². The molecule has 3 aromatic carbocycles. The maximum absolute atomic E-state index is 13.5. The smallest absolute Gasteiger partial charge is 0.313 e. The molecule has 0 bridgehead atoms. The van der Waals surface area contributed by atoms with E-state index < -0.39 is 64.4 Å². The molecule has 0 fully saturated rings. The Kier molecular flexibility index (Phi) is 43.1. The van der Waals surface area contributed by atoms with Crippen LogP contribution in [0.1, 0.15) is 146 Å². The molecule has 100 heavy (non-hydrogen) atoms. The number of amides is 6.